The van der Waals surface area contributed by atoms with E-state index in [9.17, 15) is 9.59 Å². The molecule has 1 fully saturated rings. The predicted molar refractivity (Wildman–Crippen MR) is 108 cm³/mol. The minimum absolute atomic E-state index is 0.0802. The molecule has 0 unspecified atom stereocenters. The van der Waals surface area contributed by atoms with Crippen LogP contribution in [0.2, 0.25) is 5.02 Å². The molecule has 1 aliphatic heterocycles. The van der Waals surface area contributed by atoms with E-state index in [4.69, 9.17) is 16.3 Å². The van der Waals surface area contributed by atoms with Gasteiger partial charge in [0.1, 0.15) is 6.54 Å². The number of morpholine rings is 1. The molecule has 6 nitrogen and oxygen atoms in total. The lowest BCUT2D eigenvalue weighted by Crippen LogP contribution is -2.40. The van der Waals surface area contributed by atoms with Gasteiger partial charge in [0.25, 0.3) is 0 Å². The van der Waals surface area contributed by atoms with E-state index < -0.39 is 0 Å². The number of para-hydroxylation sites is 2. The number of benzene rings is 2. The first-order valence-corrected chi connectivity index (χ1v) is 9.17. The first kappa shape index (κ1) is 19.2. The zero-order chi connectivity index (χ0) is 19.2. The van der Waals surface area contributed by atoms with Gasteiger partial charge < -0.3 is 19.9 Å². The van der Waals surface area contributed by atoms with Gasteiger partial charge in [-0.3, -0.25) is 9.59 Å². The monoisotopic (exact) mass is 387 g/mol. The Morgan fingerprint density at radius 2 is 1.89 bits per heavy atom. The molecule has 27 heavy (non-hydrogen) atoms. The fourth-order valence-electron chi connectivity index (χ4n) is 3.04. The van der Waals surface area contributed by atoms with Gasteiger partial charge in [-0.25, -0.2) is 0 Å². The van der Waals surface area contributed by atoms with Crippen molar-refractivity contribution in [3.63, 3.8) is 0 Å². The van der Waals surface area contributed by atoms with Crippen LogP contribution < -0.4 is 15.1 Å². The fraction of sp³-hybridized carbons (Fsp3) is 0.300. The minimum Gasteiger partial charge on any atom is -0.378 e. The van der Waals surface area contributed by atoms with Crippen LogP contribution >= 0.6 is 11.6 Å². The fourth-order valence-corrected chi connectivity index (χ4v) is 3.23. The van der Waals surface area contributed by atoms with Gasteiger partial charge >= 0.3 is 0 Å². The molecule has 0 radical (unpaired) electrons. The molecule has 1 saturated heterocycles. The smallest absolute Gasteiger partial charge is 0.244 e. The summed E-state index contributed by atoms with van der Waals surface area (Å²) in [5.41, 5.74) is 2.23. The van der Waals surface area contributed by atoms with Crippen LogP contribution in [0.25, 0.3) is 0 Å². The van der Waals surface area contributed by atoms with Crippen LogP contribution in [-0.2, 0) is 14.3 Å². The molecule has 2 amide bonds. The van der Waals surface area contributed by atoms with Gasteiger partial charge in [-0.1, -0.05) is 29.8 Å². The average molecular weight is 388 g/mol. The summed E-state index contributed by atoms with van der Waals surface area (Å²) in [5, 5.41) is 3.32. The number of hydrogen-bond donors (Lipinski definition) is 1. The van der Waals surface area contributed by atoms with E-state index in [1.54, 1.807) is 24.3 Å². The topological polar surface area (TPSA) is 61.9 Å². The largest absolute Gasteiger partial charge is 0.378 e. The van der Waals surface area contributed by atoms with Crippen molar-refractivity contribution in [1.82, 2.24) is 0 Å². The zero-order valence-electron chi connectivity index (χ0n) is 15.2. The molecule has 2 aromatic carbocycles. The molecular formula is C20H22ClN3O3. The SMILES string of the molecule is CC(=O)N(CC(=O)Nc1cccc(Cl)c1)c1ccccc1N1CCOCC1. The van der Waals surface area contributed by atoms with Gasteiger partial charge in [0, 0.05) is 30.7 Å². The highest BCUT2D eigenvalue weighted by atomic mass is 35.5. The molecule has 0 saturated carbocycles. The molecule has 0 aliphatic carbocycles. The van der Waals surface area contributed by atoms with E-state index >= 15 is 0 Å². The van der Waals surface area contributed by atoms with Crippen molar-refractivity contribution < 1.29 is 14.3 Å². The lowest BCUT2D eigenvalue weighted by atomic mass is 10.2. The summed E-state index contributed by atoms with van der Waals surface area (Å²) in [5.74, 6) is -0.485. The molecule has 0 atom stereocenters. The number of nitrogens with one attached hydrogen (secondary N) is 1. The van der Waals surface area contributed by atoms with Crippen molar-refractivity contribution in [1.29, 1.82) is 0 Å². The summed E-state index contributed by atoms with van der Waals surface area (Å²) in [4.78, 5) is 28.5. The molecule has 1 heterocycles. The second kappa shape index (κ2) is 8.88. The highest BCUT2D eigenvalue weighted by Gasteiger charge is 2.22. The number of nitrogens with zero attached hydrogens (tertiary/aromatic N) is 2. The second-order valence-corrected chi connectivity index (χ2v) is 6.69. The van der Waals surface area contributed by atoms with Crippen LogP contribution in [-0.4, -0.2) is 44.7 Å². The first-order chi connectivity index (χ1) is 13.0. The molecule has 0 bridgehead atoms. The Hall–Kier alpha value is -2.57. The molecule has 142 valence electrons. The van der Waals surface area contributed by atoms with Gasteiger partial charge in [0.15, 0.2) is 0 Å². The maximum absolute atomic E-state index is 12.5. The maximum atomic E-state index is 12.5. The molecule has 7 heteroatoms. The summed E-state index contributed by atoms with van der Waals surface area (Å²) in [6.45, 7) is 4.16. The average Bonchev–Trinajstić information content (AvgIpc) is 2.67. The summed E-state index contributed by atoms with van der Waals surface area (Å²) >= 11 is 5.96. The highest BCUT2D eigenvalue weighted by Crippen LogP contribution is 2.30. The van der Waals surface area contributed by atoms with E-state index in [0.717, 1.165) is 18.8 Å². The van der Waals surface area contributed by atoms with Crippen molar-refractivity contribution in [3.8, 4) is 0 Å². The Labute approximate surface area is 163 Å². The second-order valence-electron chi connectivity index (χ2n) is 6.25. The quantitative estimate of drug-likeness (QED) is 0.856. The Kier molecular flexibility index (Phi) is 6.32. The maximum Gasteiger partial charge on any atom is 0.244 e. The van der Waals surface area contributed by atoms with Crippen LogP contribution in [0.5, 0.6) is 0 Å². The third-order valence-electron chi connectivity index (χ3n) is 4.31. The van der Waals surface area contributed by atoms with Crippen molar-refractivity contribution in [2.75, 3.05) is 48.0 Å². The normalized spacial score (nSPS) is 13.9. The Bertz CT molecular complexity index is 822. The van der Waals surface area contributed by atoms with Crippen LogP contribution in [0.4, 0.5) is 17.1 Å². The summed E-state index contributed by atoms with van der Waals surface area (Å²) in [6.07, 6.45) is 0. The lowest BCUT2D eigenvalue weighted by molar-refractivity contribution is -0.120. The van der Waals surface area contributed by atoms with E-state index in [1.807, 2.05) is 24.3 Å². The summed E-state index contributed by atoms with van der Waals surface area (Å²) in [6, 6.07) is 14.5. The Morgan fingerprint density at radius 3 is 2.59 bits per heavy atom. The molecule has 3 rings (SSSR count). The molecular weight excluding hydrogens is 366 g/mol. The van der Waals surface area contributed by atoms with E-state index in [0.29, 0.717) is 29.6 Å². The predicted octanol–water partition coefficient (Wildman–Crippen LogP) is 3.17. The van der Waals surface area contributed by atoms with E-state index in [1.165, 1.54) is 11.8 Å². The Balaban J connectivity index is 1.79. The molecule has 1 aliphatic rings. The third-order valence-corrected chi connectivity index (χ3v) is 4.55. The molecule has 0 spiro atoms. The first-order valence-electron chi connectivity index (χ1n) is 8.80. The standard InChI is InChI=1S/C20H22ClN3O3/c1-15(25)24(14-20(26)22-17-6-4-5-16(21)13-17)19-8-3-2-7-18(19)23-9-11-27-12-10-23/h2-8,13H,9-12,14H2,1H3,(H,22,26). The summed E-state index contributed by atoms with van der Waals surface area (Å²) in [7, 11) is 0. The van der Waals surface area contributed by atoms with Crippen molar-refractivity contribution in [2.24, 2.45) is 0 Å². The lowest BCUT2D eigenvalue weighted by Gasteiger charge is -2.33. The van der Waals surface area contributed by atoms with Gasteiger partial charge in [-0.05, 0) is 30.3 Å². The van der Waals surface area contributed by atoms with Crippen molar-refractivity contribution in [2.45, 2.75) is 6.92 Å². The van der Waals surface area contributed by atoms with Gasteiger partial charge in [0.2, 0.25) is 11.8 Å². The number of anilines is 3. The summed E-state index contributed by atoms with van der Waals surface area (Å²) < 4.78 is 5.41. The number of carbonyl (C=O) groups excluding carboxylic acids is 2. The van der Waals surface area contributed by atoms with Crippen LogP contribution in [0.1, 0.15) is 6.92 Å². The van der Waals surface area contributed by atoms with Crippen LogP contribution in [0.3, 0.4) is 0 Å². The minimum atomic E-state index is -0.288. The Morgan fingerprint density at radius 1 is 1.15 bits per heavy atom. The van der Waals surface area contributed by atoms with Crippen LogP contribution in [0, 0.1) is 0 Å². The van der Waals surface area contributed by atoms with E-state index in [2.05, 4.69) is 10.2 Å². The van der Waals surface area contributed by atoms with Gasteiger partial charge in [-0.15, -0.1) is 0 Å². The van der Waals surface area contributed by atoms with Crippen molar-refractivity contribution in [3.05, 3.63) is 53.6 Å². The third kappa shape index (κ3) is 4.99. The number of hydrogen-bond acceptors (Lipinski definition) is 4. The van der Waals surface area contributed by atoms with Gasteiger partial charge in [0.05, 0.1) is 24.6 Å². The van der Waals surface area contributed by atoms with E-state index in [-0.39, 0.29) is 18.4 Å². The zero-order valence-corrected chi connectivity index (χ0v) is 15.9. The highest BCUT2D eigenvalue weighted by molar-refractivity contribution is 6.30. The van der Waals surface area contributed by atoms with Crippen molar-refractivity contribution >= 4 is 40.5 Å². The number of halogens is 1. The molecule has 0 aromatic heterocycles. The number of rotatable bonds is 5. The number of amides is 2. The molecule has 1 N–H and O–H groups in total. The molecule has 2 aromatic rings. The number of ether oxygens (including phenoxy) is 1. The number of carbonyl (C=O) groups is 2. The van der Waals surface area contributed by atoms with Crippen LogP contribution in [0.15, 0.2) is 48.5 Å². The van der Waals surface area contributed by atoms with Gasteiger partial charge in [-0.2, -0.15) is 0 Å².